The molecule has 4 nitrogen and oxygen atoms in total. The average Bonchev–Trinajstić information content (AvgIpc) is 2.37. The maximum absolute atomic E-state index is 14.1. The molecule has 0 aliphatic carbocycles. The molecule has 0 atom stereocenters. The molecule has 0 aromatic heterocycles. The van der Waals surface area contributed by atoms with E-state index >= 15 is 0 Å². The molecule has 0 spiro atoms. The predicted octanol–water partition coefficient (Wildman–Crippen LogP) is 1.50. The second-order valence-electron chi connectivity index (χ2n) is 3.79. The molecule has 2 N–H and O–H groups in total. The summed E-state index contributed by atoms with van der Waals surface area (Å²) in [6.07, 6.45) is 1.21. The number of ether oxygens (including phenoxy) is 3. The number of benzene rings is 1. The summed E-state index contributed by atoms with van der Waals surface area (Å²) in [6.45, 7) is 1.42. The smallest absolute Gasteiger partial charge is 0.172 e. The van der Waals surface area contributed by atoms with Crippen molar-refractivity contribution in [3.8, 4) is 17.2 Å². The highest BCUT2D eigenvalue weighted by Crippen LogP contribution is 2.40. The van der Waals surface area contributed by atoms with Crippen LogP contribution >= 0.6 is 0 Å². The SMILES string of the molecule is COc1cc2c(c(CCCN)c1F)OCCO2. The Morgan fingerprint density at radius 3 is 2.88 bits per heavy atom. The summed E-state index contributed by atoms with van der Waals surface area (Å²) in [5, 5.41) is 0. The molecule has 0 fully saturated rings. The molecule has 1 aliphatic rings. The Balaban J connectivity index is 2.44. The first-order valence-corrected chi connectivity index (χ1v) is 5.63. The Kier molecular flexibility index (Phi) is 3.68. The van der Waals surface area contributed by atoms with Crippen LogP contribution in [0.4, 0.5) is 4.39 Å². The quantitative estimate of drug-likeness (QED) is 0.867. The molecule has 5 heteroatoms. The van der Waals surface area contributed by atoms with E-state index in [1.54, 1.807) is 0 Å². The van der Waals surface area contributed by atoms with Crippen molar-refractivity contribution >= 4 is 0 Å². The van der Waals surface area contributed by atoms with Gasteiger partial charge < -0.3 is 19.9 Å². The second-order valence-corrected chi connectivity index (χ2v) is 3.79. The molecule has 0 saturated carbocycles. The van der Waals surface area contributed by atoms with Crippen molar-refractivity contribution in [3.05, 3.63) is 17.4 Å². The van der Waals surface area contributed by atoms with Gasteiger partial charge in [0.1, 0.15) is 13.2 Å². The van der Waals surface area contributed by atoms with E-state index < -0.39 is 0 Å². The highest BCUT2D eigenvalue weighted by atomic mass is 19.1. The molecule has 0 bridgehead atoms. The minimum atomic E-state index is -0.384. The van der Waals surface area contributed by atoms with Gasteiger partial charge >= 0.3 is 0 Å². The molecule has 2 rings (SSSR count). The highest BCUT2D eigenvalue weighted by molar-refractivity contribution is 5.53. The Labute approximate surface area is 99.5 Å². The van der Waals surface area contributed by atoms with Crippen molar-refractivity contribution in [3.63, 3.8) is 0 Å². The molecular formula is C12H16FNO3. The van der Waals surface area contributed by atoms with Crippen molar-refractivity contribution in [2.75, 3.05) is 26.9 Å². The zero-order valence-electron chi connectivity index (χ0n) is 9.79. The van der Waals surface area contributed by atoms with Gasteiger partial charge in [-0.3, -0.25) is 0 Å². The van der Waals surface area contributed by atoms with Gasteiger partial charge in [0.05, 0.1) is 7.11 Å². The van der Waals surface area contributed by atoms with Crippen LogP contribution in [-0.4, -0.2) is 26.9 Å². The molecular weight excluding hydrogens is 225 g/mol. The zero-order chi connectivity index (χ0) is 12.3. The Morgan fingerprint density at radius 1 is 1.41 bits per heavy atom. The topological polar surface area (TPSA) is 53.7 Å². The fraction of sp³-hybridized carbons (Fsp3) is 0.500. The van der Waals surface area contributed by atoms with Crippen LogP contribution in [0.3, 0.4) is 0 Å². The lowest BCUT2D eigenvalue weighted by molar-refractivity contribution is 0.167. The van der Waals surface area contributed by atoms with Gasteiger partial charge in [0.15, 0.2) is 23.1 Å². The van der Waals surface area contributed by atoms with Gasteiger partial charge in [-0.05, 0) is 19.4 Å². The van der Waals surface area contributed by atoms with Gasteiger partial charge in [0.2, 0.25) is 0 Å². The molecule has 1 aliphatic heterocycles. The number of fused-ring (bicyclic) bond motifs is 1. The van der Waals surface area contributed by atoms with Gasteiger partial charge in [-0.25, -0.2) is 4.39 Å². The number of hydrogen-bond acceptors (Lipinski definition) is 4. The van der Waals surface area contributed by atoms with Crippen LogP contribution < -0.4 is 19.9 Å². The minimum absolute atomic E-state index is 0.182. The number of nitrogens with two attached hydrogens (primary N) is 1. The van der Waals surface area contributed by atoms with Crippen LogP contribution in [-0.2, 0) is 6.42 Å². The van der Waals surface area contributed by atoms with E-state index in [9.17, 15) is 4.39 Å². The van der Waals surface area contributed by atoms with Crippen molar-refractivity contribution in [1.29, 1.82) is 0 Å². The average molecular weight is 241 g/mol. The normalized spacial score (nSPS) is 13.6. The van der Waals surface area contributed by atoms with Crippen molar-refractivity contribution < 1.29 is 18.6 Å². The molecule has 1 aromatic rings. The fourth-order valence-electron chi connectivity index (χ4n) is 1.86. The standard InChI is InChI=1S/C12H16FNO3/c1-15-9-7-10-12(17-6-5-16-10)8(11(9)13)3-2-4-14/h7H,2-6,14H2,1H3. The van der Waals surface area contributed by atoms with E-state index in [0.29, 0.717) is 49.7 Å². The third kappa shape index (κ3) is 2.29. The summed E-state index contributed by atoms with van der Waals surface area (Å²) in [5.41, 5.74) is 5.94. The van der Waals surface area contributed by atoms with Crippen molar-refractivity contribution in [2.45, 2.75) is 12.8 Å². The van der Waals surface area contributed by atoms with Crippen LogP contribution in [0.2, 0.25) is 0 Å². The highest BCUT2D eigenvalue weighted by Gasteiger charge is 2.23. The minimum Gasteiger partial charge on any atom is -0.494 e. The first-order valence-electron chi connectivity index (χ1n) is 5.63. The Hall–Kier alpha value is -1.49. The monoisotopic (exact) mass is 241 g/mol. The number of rotatable bonds is 4. The lowest BCUT2D eigenvalue weighted by atomic mass is 10.1. The molecule has 0 unspecified atom stereocenters. The van der Waals surface area contributed by atoms with Crippen LogP contribution in [0.1, 0.15) is 12.0 Å². The van der Waals surface area contributed by atoms with E-state index in [0.717, 1.165) is 0 Å². The van der Waals surface area contributed by atoms with Crippen LogP contribution in [0, 0.1) is 5.82 Å². The number of halogens is 1. The third-order valence-corrected chi connectivity index (χ3v) is 2.68. The first-order chi connectivity index (χ1) is 8.27. The zero-order valence-corrected chi connectivity index (χ0v) is 9.79. The Morgan fingerprint density at radius 2 is 2.18 bits per heavy atom. The van der Waals surface area contributed by atoms with Crippen molar-refractivity contribution in [2.24, 2.45) is 5.73 Å². The van der Waals surface area contributed by atoms with Gasteiger partial charge in [-0.2, -0.15) is 0 Å². The fourth-order valence-corrected chi connectivity index (χ4v) is 1.86. The maximum atomic E-state index is 14.1. The summed E-state index contributed by atoms with van der Waals surface area (Å²) in [5.74, 6) is 0.830. The van der Waals surface area contributed by atoms with Gasteiger partial charge in [0, 0.05) is 11.6 Å². The summed E-state index contributed by atoms with van der Waals surface area (Å²) >= 11 is 0. The number of methoxy groups -OCH3 is 1. The summed E-state index contributed by atoms with van der Waals surface area (Å²) in [4.78, 5) is 0. The van der Waals surface area contributed by atoms with Crippen LogP contribution in [0.15, 0.2) is 6.07 Å². The second kappa shape index (κ2) is 5.23. The van der Waals surface area contributed by atoms with E-state index in [-0.39, 0.29) is 11.6 Å². The third-order valence-electron chi connectivity index (χ3n) is 2.68. The summed E-state index contributed by atoms with van der Waals surface area (Å²) in [6, 6.07) is 1.52. The van der Waals surface area contributed by atoms with Crippen LogP contribution in [0.25, 0.3) is 0 Å². The van der Waals surface area contributed by atoms with Gasteiger partial charge in [-0.15, -0.1) is 0 Å². The maximum Gasteiger partial charge on any atom is 0.172 e. The van der Waals surface area contributed by atoms with Crippen molar-refractivity contribution in [1.82, 2.24) is 0 Å². The molecule has 17 heavy (non-hydrogen) atoms. The summed E-state index contributed by atoms with van der Waals surface area (Å²) in [7, 11) is 1.43. The lowest BCUT2D eigenvalue weighted by Crippen LogP contribution is -2.18. The molecule has 0 radical (unpaired) electrons. The van der Waals surface area contributed by atoms with Gasteiger partial charge in [0.25, 0.3) is 0 Å². The van der Waals surface area contributed by atoms with Crippen LogP contribution in [0.5, 0.6) is 17.2 Å². The Bertz CT molecular complexity index is 409. The lowest BCUT2D eigenvalue weighted by Gasteiger charge is -2.22. The molecule has 94 valence electrons. The van der Waals surface area contributed by atoms with E-state index in [4.69, 9.17) is 19.9 Å². The van der Waals surface area contributed by atoms with E-state index in [2.05, 4.69) is 0 Å². The molecule has 0 saturated heterocycles. The van der Waals surface area contributed by atoms with Gasteiger partial charge in [-0.1, -0.05) is 0 Å². The molecule has 1 heterocycles. The first kappa shape index (κ1) is 12.0. The molecule has 0 amide bonds. The van der Waals surface area contributed by atoms with E-state index in [1.807, 2.05) is 0 Å². The van der Waals surface area contributed by atoms with E-state index in [1.165, 1.54) is 13.2 Å². The summed E-state index contributed by atoms with van der Waals surface area (Å²) < 4.78 is 30.0. The largest absolute Gasteiger partial charge is 0.494 e. The predicted molar refractivity (Wildman–Crippen MR) is 61.3 cm³/mol. The number of hydrogen-bond donors (Lipinski definition) is 1. The molecule has 1 aromatic carbocycles.